The van der Waals surface area contributed by atoms with Crippen LogP contribution in [-0.2, 0) is 9.16 Å². The molecule has 0 bridgehead atoms. The third kappa shape index (κ3) is 3.63. The molecule has 140 valence electrons. The van der Waals surface area contributed by atoms with Gasteiger partial charge in [0.2, 0.25) is 0 Å². The lowest BCUT2D eigenvalue weighted by molar-refractivity contribution is -0.105. The minimum atomic E-state index is -2.64. The van der Waals surface area contributed by atoms with Crippen LogP contribution >= 0.6 is 0 Å². The second kappa shape index (κ2) is 7.62. The number of hydrogen-bond acceptors (Lipinski definition) is 4. The molecule has 0 aromatic heterocycles. The lowest BCUT2D eigenvalue weighted by Gasteiger charge is -2.43. The highest BCUT2D eigenvalue weighted by atomic mass is 28.4. The molecule has 5 heteroatoms. The molecule has 3 rings (SSSR count). The van der Waals surface area contributed by atoms with E-state index in [0.717, 1.165) is 0 Å². The van der Waals surface area contributed by atoms with Gasteiger partial charge in [-0.15, -0.1) is 0 Å². The second-order valence-corrected chi connectivity index (χ2v) is 12.2. The van der Waals surface area contributed by atoms with Gasteiger partial charge in [-0.25, -0.2) is 0 Å². The molecule has 1 fully saturated rings. The summed E-state index contributed by atoms with van der Waals surface area (Å²) in [5.41, 5.74) is 0. The van der Waals surface area contributed by atoms with Crippen molar-refractivity contribution in [2.75, 3.05) is 6.61 Å². The van der Waals surface area contributed by atoms with Crippen molar-refractivity contribution in [3.8, 4) is 0 Å². The Morgan fingerprint density at radius 3 is 1.85 bits per heavy atom. The van der Waals surface area contributed by atoms with Crippen LogP contribution in [0.5, 0.6) is 0 Å². The zero-order valence-corrected chi connectivity index (χ0v) is 16.6. The molecular formula is C21H28O4Si. The Bertz CT molecular complexity index is 659. The maximum Gasteiger partial charge on any atom is 0.261 e. The Balaban J connectivity index is 2.03. The van der Waals surface area contributed by atoms with E-state index in [4.69, 9.17) is 9.16 Å². The van der Waals surface area contributed by atoms with E-state index in [9.17, 15) is 10.2 Å². The number of aliphatic hydroxyl groups is 2. The summed E-state index contributed by atoms with van der Waals surface area (Å²) in [7, 11) is -2.64. The van der Waals surface area contributed by atoms with Gasteiger partial charge in [0.05, 0.1) is 12.7 Å². The molecule has 0 radical (unpaired) electrons. The fraction of sp³-hybridized carbons (Fsp3) is 0.429. The Hall–Kier alpha value is -1.50. The molecule has 1 aliphatic heterocycles. The van der Waals surface area contributed by atoms with Crippen LogP contribution in [0.2, 0.25) is 5.04 Å². The molecule has 0 aliphatic carbocycles. The Morgan fingerprint density at radius 1 is 0.962 bits per heavy atom. The number of hydrogen-bond donors (Lipinski definition) is 2. The van der Waals surface area contributed by atoms with Crippen molar-refractivity contribution in [1.82, 2.24) is 0 Å². The molecule has 0 spiro atoms. The van der Waals surface area contributed by atoms with Crippen molar-refractivity contribution >= 4 is 18.7 Å². The molecule has 2 aromatic carbocycles. The van der Waals surface area contributed by atoms with E-state index in [1.165, 1.54) is 10.4 Å². The first-order valence-electron chi connectivity index (χ1n) is 9.11. The molecule has 0 saturated carbocycles. The van der Waals surface area contributed by atoms with E-state index < -0.39 is 26.8 Å². The van der Waals surface area contributed by atoms with Gasteiger partial charge in [-0.1, -0.05) is 81.4 Å². The first kappa shape index (κ1) is 19.3. The Labute approximate surface area is 156 Å². The van der Waals surface area contributed by atoms with Crippen molar-refractivity contribution in [1.29, 1.82) is 0 Å². The quantitative estimate of drug-likeness (QED) is 0.789. The van der Waals surface area contributed by atoms with Crippen molar-refractivity contribution < 1.29 is 19.4 Å². The summed E-state index contributed by atoms with van der Waals surface area (Å²) >= 11 is 0. The zero-order chi connectivity index (χ0) is 18.8. The highest BCUT2D eigenvalue weighted by Gasteiger charge is 2.51. The summed E-state index contributed by atoms with van der Waals surface area (Å²) in [5.74, 6) is 0. The third-order valence-electron chi connectivity index (χ3n) is 5.09. The van der Waals surface area contributed by atoms with E-state index in [0.29, 0.717) is 0 Å². The van der Waals surface area contributed by atoms with Gasteiger partial charge >= 0.3 is 0 Å². The van der Waals surface area contributed by atoms with Crippen LogP contribution in [-0.4, -0.2) is 43.6 Å². The highest BCUT2D eigenvalue weighted by molar-refractivity contribution is 6.99. The van der Waals surface area contributed by atoms with Crippen LogP contribution in [0.15, 0.2) is 60.7 Å². The van der Waals surface area contributed by atoms with E-state index in [-0.39, 0.29) is 18.1 Å². The lowest BCUT2D eigenvalue weighted by atomic mass is 10.2. The van der Waals surface area contributed by atoms with Gasteiger partial charge in [-0.3, -0.25) is 0 Å². The molecular weight excluding hydrogens is 344 g/mol. The summed E-state index contributed by atoms with van der Waals surface area (Å²) in [6, 6.07) is 20.7. The predicted molar refractivity (Wildman–Crippen MR) is 105 cm³/mol. The minimum absolute atomic E-state index is 0.127. The normalized spacial score (nSPS) is 24.0. The van der Waals surface area contributed by atoms with Crippen LogP contribution in [0.1, 0.15) is 27.2 Å². The Kier molecular flexibility index (Phi) is 5.65. The molecule has 26 heavy (non-hydrogen) atoms. The number of benzene rings is 2. The molecule has 1 unspecified atom stereocenters. The lowest BCUT2D eigenvalue weighted by Crippen LogP contribution is -2.67. The predicted octanol–water partition coefficient (Wildman–Crippen LogP) is 2.03. The van der Waals surface area contributed by atoms with Gasteiger partial charge in [-0.2, -0.15) is 0 Å². The number of rotatable bonds is 5. The smallest absolute Gasteiger partial charge is 0.261 e. The SMILES string of the molecule is CC(C)(C)[Si](OC[C@H]1OC(O)C[C@H]1O)(c1ccccc1)c1ccccc1. The van der Waals surface area contributed by atoms with E-state index in [1.807, 2.05) is 36.4 Å². The Morgan fingerprint density at radius 2 is 1.46 bits per heavy atom. The molecule has 0 amide bonds. The topological polar surface area (TPSA) is 58.9 Å². The minimum Gasteiger partial charge on any atom is -0.405 e. The average molecular weight is 373 g/mol. The molecule has 1 aliphatic rings. The maximum atomic E-state index is 10.2. The van der Waals surface area contributed by atoms with Crippen molar-refractivity contribution in [2.45, 2.75) is 50.7 Å². The second-order valence-electron chi connectivity index (χ2n) is 7.91. The first-order chi connectivity index (χ1) is 12.3. The fourth-order valence-corrected chi connectivity index (χ4v) is 8.40. The summed E-state index contributed by atoms with van der Waals surface area (Å²) in [6.07, 6.45) is -1.90. The number of ether oxygens (including phenoxy) is 1. The summed E-state index contributed by atoms with van der Waals surface area (Å²) in [4.78, 5) is 0. The summed E-state index contributed by atoms with van der Waals surface area (Å²) < 4.78 is 12.2. The molecule has 4 nitrogen and oxygen atoms in total. The highest BCUT2D eigenvalue weighted by Crippen LogP contribution is 2.37. The van der Waals surface area contributed by atoms with Gasteiger partial charge in [0, 0.05) is 6.42 Å². The van der Waals surface area contributed by atoms with Crippen LogP contribution in [0.3, 0.4) is 0 Å². The van der Waals surface area contributed by atoms with E-state index in [2.05, 4.69) is 45.0 Å². The molecule has 2 N–H and O–H groups in total. The van der Waals surface area contributed by atoms with Crippen LogP contribution in [0.4, 0.5) is 0 Å². The van der Waals surface area contributed by atoms with Gasteiger partial charge in [-0.05, 0) is 15.4 Å². The van der Waals surface area contributed by atoms with E-state index in [1.54, 1.807) is 0 Å². The fourth-order valence-electron chi connectivity index (χ4n) is 3.83. The van der Waals surface area contributed by atoms with Gasteiger partial charge in [0.1, 0.15) is 6.10 Å². The van der Waals surface area contributed by atoms with Crippen LogP contribution < -0.4 is 10.4 Å². The van der Waals surface area contributed by atoms with Crippen molar-refractivity contribution in [3.63, 3.8) is 0 Å². The molecule has 1 heterocycles. The largest absolute Gasteiger partial charge is 0.405 e. The number of aliphatic hydroxyl groups excluding tert-OH is 2. The monoisotopic (exact) mass is 372 g/mol. The summed E-state index contributed by atoms with van der Waals surface area (Å²) in [6.45, 7) is 6.88. The van der Waals surface area contributed by atoms with Crippen molar-refractivity contribution in [3.05, 3.63) is 60.7 Å². The summed E-state index contributed by atoms with van der Waals surface area (Å²) in [5, 5.41) is 22.1. The maximum absolute atomic E-state index is 10.2. The van der Waals surface area contributed by atoms with E-state index >= 15 is 0 Å². The van der Waals surface area contributed by atoms with Crippen LogP contribution in [0.25, 0.3) is 0 Å². The first-order valence-corrected chi connectivity index (χ1v) is 11.0. The third-order valence-corrected chi connectivity index (χ3v) is 10.1. The van der Waals surface area contributed by atoms with Crippen LogP contribution in [0, 0.1) is 0 Å². The zero-order valence-electron chi connectivity index (χ0n) is 15.6. The van der Waals surface area contributed by atoms with Gasteiger partial charge < -0.3 is 19.4 Å². The molecule has 1 saturated heterocycles. The molecule has 3 atom stereocenters. The average Bonchev–Trinajstić information content (AvgIpc) is 2.94. The molecule has 2 aromatic rings. The van der Waals surface area contributed by atoms with Crippen molar-refractivity contribution in [2.24, 2.45) is 0 Å². The standard InChI is InChI=1S/C21H28O4Si/c1-21(2,3)26(16-10-6-4-7-11-16,17-12-8-5-9-13-17)24-15-19-18(22)14-20(23)25-19/h4-13,18-20,22-23H,14-15H2,1-3H3/t18-,19-,20?/m1/s1. The van der Waals surface area contributed by atoms with Gasteiger partial charge in [0.15, 0.2) is 6.29 Å². The van der Waals surface area contributed by atoms with Gasteiger partial charge in [0.25, 0.3) is 8.32 Å².